The predicted octanol–water partition coefficient (Wildman–Crippen LogP) is 3.85. The van der Waals surface area contributed by atoms with Gasteiger partial charge >= 0.3 is 0 Å². The molecule has 2 aromatic rings. The van der Waals surface area contributed by atoms with Crippen molar-refractivity contribution in [1.82, 2.24) is 5.32 Å². The van der Waals surface area contributed by atoms with Crippen molar-refractivity contribution in [2.24, 2.45) is 0 Å². The summed E-state index contributed by atoms with van der Waals surface area (Å²) in [4.78, 5) is 0. The Morgan fingerprint density at radius 3 is 2.47 bits per heavy atom. The molecule has 1 atom stereocenters. The van der Waals surface area contributed by atoms with Crippen LogP contribution in [0.15, 0.2) is 48.5 Å². The first kappa shape index (κ1) is 13.8. The molecule has 0 fully saturated rings. The normalized spacial score (nSPS) is 12.4. The van der Waals surface area contributed by atoms with E-state index in [2.05, 4.69) is 43.4 Å². The number of nitrogens with one attached hydrogen (secondary N) is 1. The smallest absolute Gasteiger partial charge is 0.123 e. The van der Waals surface area contributed by atoms with Crippen LogP contribution in [0, 0.1) is 12.7 Å². The Kier molecular flexibility index (Phi) is 4.69. The molecule has 1 nitrogen and oxygen atoms in total. The Hall–Kier alpha value is -1.67. The maximum atomic E-state index is 13.1. The third-order valence-electron chi connectivity index (χ3n) is 3.21. The number of hydrogen-bond acceptors (Lipinski definition) is 1. The molecule has 0 heterocycles. The van der Waals surface area contributed by atoms with E-state index in [0.29, 0.717) is 6.04 Å². The zero-order chi connectivity index (χ0) is 13.7. The molecule has 0 amide bonds. The fraction of sp³-hybridized carbons (Fsp3) is 0.294. The van der Waals surface area contributed by atoms with Crippen LogP contribution in [0.2, 0.25) is 0 Å². The van der Waals surface area contributed by atoms with Crippen LogP contribution in [-0.2, 0) is 13.0 Å². The summed E-state index contributed by atoms with van der Waals surface area (Å²) in [7, 11) is 0. The highest BCUT2D eigenvalue weighted by atomic mass is 19.1. The van der Waals surface area contributed by atoms with E-state index in [0.717, 1.165) is 18.5 Å². The quantitative estimate of drug-likeness (QED) is 0.857. The molecule has 0 aliphatic rings. The second-order valence-corrected chi connectivity index (χ2v) is 5.10. The zero-order valence-corrected chi connectivity index (χ0v) is 11.5. The largest absolute Gasteiger partial charge is 0.310 e. The maximum absolute atomic E-state index is 13.1. The van der Waals surface area contributed by atoms with Crippen molar-refractivity contribution in [3.63, 3.8) is 0 Å². The molecular weight excluding hydrogens is 237 g/mol. The Labute approximate surface area is 114 Å². The van der Waals surface area contributed by atoms with E-state index < -0.39 is 0 Å². The molecule has 0 aliphatic carbocycles. The fourth-order valence-corrected chi connectivity index (χ4v) is 2.09. The molecule has 0 aromatic heterocycles. The van der Waals surface area contributed by atoms with Crippen LogP contribution < -0.4 is 5.32 Å². The van der Waals surface area contributed by atoms with Crippen molar-refractivity contribution in [1.29, 1.82) is 0 Å². The second-order valence-electron chi connectivity index (χ2n) is 5.10. The monoisotopic (exact) mass is 257 g/mol. The summed E-state index contributed by atoms with van der Waals surface area (Å²) in [6.07, 6.45) is 0.837. The third kappa shape index (κ3) is 4.49. The Bertz CT molecular complexity index is 519. The molecule has 1 N–H and O–H groups in total. The Morgan fingerprint density at radius 1 is 1.05 bits per heavy atom. The lowest BCUT2D eigenvalue weighted by molar-refractivity contribution is 0.543. The number of halogens is 1. The van der Waals surface area contributed by atoms with Gasteiger partial charge in [0.25, 0.3) is 0 Å². The number of benzene rings is 2. The molecule has 2 heteroatoms. The summed E-state index contributed by atoms with van der Waals surface area (Å²) >= 11 is 0. The highest BCUT2D eigenvalue weighted by Gasteiger charge is 2.04. The molecule has 0 spiro atoms. The third-order valence-corrected chi connectivity index (χ3v) is 3.21. The first-order valence-electron chi connectivity index (χ1n) is 6.67. The van der Waals surface area contributed by atoms with E-state index in [4.69, 9.17) is 0 Å². The molecular formula is C17H20FN. The van der Waals surface area contributed by atoms with Gasteiger partial charge in [-0.15, -0.1) is 0 Å². The fourth-order valence-electron chi connectivity index (χ4n) is 2.09. The summed E-state index contributed by atoms with van der Waals surface area (Å²) < 4.78 is 13.1. The molecule has 0 bridgehead atoms. The minimum atomic E-state index is -0.164. The van der Waals surface area contributed by atoms with E-state index in [-0.39, 0.29) is 5.82 Å². The first-order valence-corrected chi connectivity index (χ1v) is 6.67. The highest BCUT2D eigenvalue weighted by molar-refractivity contribution is 5.21. The summed E-state index contributed by atoms with van der Waals surface area (Å²) in [6, 6.07) is 15.6. The molecule has 0 aliphatic heterocycles. The van der Waals surface area contributed by atoms with Crippen LogP contribution in [0.3, 0.4) is 0 Å². The summed E-state index contributed by atoms with van der Waals surface area (Å²) in [5.74, 6) is -0.164. The van der Waals surface area contributed by atoms with E-state index >= 15 is 0 Å². The average molecular weight is 257 g/mol. The van der Waals surface area contributed by atoms with Gasteiger partial charge < -0.3 is 5.32 Å². The van der Waals surface area contributed by atoms with Gasteiger partial charge in [-0.3, -0.25) is 0 Å². The lowest BCUT2D eigenvalue weighted by atomic mass is 10.1. The van der Waals surface area contributed by atoms with Crippen molar-refractivity contribution in [2.75, 3.05) is 0 Å². The van der Waals surface area contributed by atoms with E-state index in [1.165, 1.54) is 17.2 Å². The molecule has 19 heavy (non-hydrogen) atoms. The average Bonchev–Trinajstić information content (AvgIpc) is 2.38. The Morgan fingerprint density at radius 2 is 1.79 bits per heavy atom. The predicted molar refractivity (Wildman–Crippen MR) is 77.6 cm³/mol. The summed E-state index contributed by atoms with van der Waals surface area (Å²) in [6.45, 7) is 5.06. The van der Waals surface area contributed by atoms with Crippen LogP contribution in [0.5, 0.6) is 0 Å². The van der Waals surface area contributed by atoms with E-state index in [1.54, 1.807) is 12.1 Å². The van der Waals surface area contributed by atoms with Gasteiger partial charge in [-0.1, -0.05) is 42.0 Å². The number of hydrogen-bond donors (Lipinski definition) is 1. The van der Waals surface area contributed by atoms with Crippen molar-refractivity contribution < 1.29 is 4.39 Å². The van der Waals surface area contributed by atoms with Crippen LogP contribution >= 0.6 is 0 Å². The number of aryl methyl sites for hydroxylation is 1. The van der Waals surface area contributed by atoms with Crippen LogP contribution in [0.4, 0.5) is 4.39 Å². The van der Waals surface area contributed by atoms with Crippen molar-refractivity contribution in [2.45, 2.75) is 32.9 Å². The lowest BCUT2D eigenvalue weighted by Crippen LogP contribution is -2.27. The van der Waals surface area contributed by atoms with Crippen molar-refractivity contribution in [3.8, 4) is 0 Å². The van der Waals surface area contributed by atoms with Crippen LogP contribution in [-0.4, -0.2) is 6.04 Å². The van der Waals surface area contributed by atoms with Gasteiger partial charge in [0.05, 0.1) is 0 Å². The minimum Gasteiger partial charge on any atom is -0.310 e. The van der Waals surface area contributed by atoms with Gasteiger partial charge in [0.1, 0.15) is 5.82 Å². The SMILES string of the molecule is Cc1ccc(CNC(C)Cc2cccc(F)c2)cc1. The maximum Gasteiger partial charge on any atom is 0.123 e. The zero-order valence-electron chi connectivity index (χ0n) is 11.5. The molecule has 0 radical (unpaired) electrons. The minimum absolute atomic E-state index is 0.164. The Balaban J connectivity index is 1.84. The van der Waals surface area contributed by atoms with E-state index in [9.17, 15) is 4.39 Å². The van der Waals surface area contributed by atoms with Gasteiger partial charge in [-0.25, -0.2) is 4.39 Å². The van der Waals surface area contributed by atoms with Crippen LogP contribution in [0.1, 0.15) is 23.6 Å². The molecule has 0 saturated carbocycles. The molecule has 2 rings (SSSR count). The first-order chi connectivity index (χ1) is 9.13. The highest BCUT2D eigenvalue weighted by Crippen LogP contribution is 2.08. The molecule has 0 saturated heterocycles. The van der Waals surface area contributed by atoms with Gasteiger partial charge in [-0.2, -0.15) is 0 Å². The van der Waals surface area contributed by atoms with Gasteiger partial charge in [-0.05, 0) is 43.5 Å². The molecule has 1 unspecified atom stereocenters. The van der Waals surface area contributed by atoms with Crippen molar-refractivity contribution >= 4 is 0 Å². The summed E-state index contributed by atoms with van der Waals surface area (Å²) in [5, 5.41) is 3.46. The lowest BCUT2D eigenvalue weighted by Gasteiger charge is -2.14. The van der Waals surface area contributed by atoms with Gasteiger partial charge in [0.15, 0.2) is 0 Å². The topological polar surface area (TPSA) is 12.0 Å². The standard InChI is InChI=1S/C17H20FN/c1-13-6-8-15(9-7-13)12-19-14(2)10-16-4-3-5-17(18)11-16/h3-9,11,14,19H,10,12H2,1-2H3. The second kappa shape index (κ2) is 6.48. The van der Waals surface area contributed by atoms with Gasteiger partial charge in [0, 0.05) is 12.6 Å². The van der Waals surface area contributed by atoms with Gasteiger partial charge in [0.2, 0.25) is 0 Å². The van der Waals surface area contributed by atoms with E-state index in [1.807, 2.05) is 6.07 Å². The molecule has 2 aromatic carbocycles. The summed E-state index contributed by atoms with van der Waals surface area (Å²) in [5.41, 5.74) is 3.58. The van der Waals surface area contributed by atoms with Crippen molar-refractivity contribution in [3.05, 3.63) is 71.0 Å². The van der Waals surface area contributed by atoms with Crippen LogP contribution in [0.25, 0.3) is 0 Å². The molecule has 100 valence electrons. The number of rotatable bonds is 5.